The predicted octanol–water partition coefficient (Wildman–Crippen LogP) is 1.89. The largest absolute Gasteiger partial charge is 0.354 e. The normalized spacial score (nSPS) is 14.4. The molecule has 1 aliphatic rings. The second-order valence-electron chi connectivity index (χ2n) is 3.80. The average molecular weight is 288 g/mol. The maximum absolute atomic E-state index is 11.4. The van der Waals surface area contributed by atoms with Crippen LogP contribution in [0.5, 0.6) is 0 Å². The van der Waals surface area contributed by atoms with Gasteiger partial charge in [-0.05, 0) is 30.7 Å². The first-order chi connectivity index (χ1) is 8.22. The van der Waals surface area contributed by atoms with Gasteiger partial charge in [0.05, 0.1) is 0 Å². The minimum absolute atomic E-state index is 0. The van der Waals surface area contributed by atoms with Crippen molar-refractivity contribution in [1.29, 1.82) is 0 Å². The van der Waals surface area contributed by atoms with Crippen LogP contribution in [0.25, 0.3) is 5.57 Å². The Morgan fingerprint density at radius 3 is 2.83 bits per heavy atom. The Hall–Kier alpha value is -1.10. The van der Waals surface area contributed by atoms with Crippen LogP contribution in [0.2, 0.25) is 5.15 Å². The summed E-state index contributed by atoms with van der Waals surface area (Å²) in [5, 5.41) is 6.15. The van der Waals surface area contributed by atoms with Gasteiger partial charge < -0.3 is 10.6 Å². The molecule has 0 saturated heterocycles. The second-order valence-corrected chi connectivity index (χ2v) is 4.16. The van der Waals surface area contributed by atoms with Crippen molar-refractivity contribution in [2.75, 3.05) is 20.1 Å². The molecule has 1 aromatic heterocycles. The lowest BCUT2D eigenvalue weighted by Gasteiger charge is -2.15. The fourth-order valence-corrected chi connectivity index (χ4v) is 2.07. The first kappa shape index (κ1) is 15.0. The highest BCUT2D eigenvalue weighted by Crippen LogP contribution is 2.25. The van der Waals surface area contributed by atoms with Gasteiger partial charge in [0.1, 0.15) is 10.8 Å². The maximum Gasteiger partial charge on any atom is 0.269 e. The van der Waals surface area contributed by atoms with Gasteiger partial charge in [-0.2, -0.15) is 0 Å². The molecule has 18 heavy (non-hydrogen) atoms. The van der Waals surface area contributed by atoms with E-state index in [1.54, 1.807) is 13.1 Å². The van der Waals surface area contributed by atoms with E-state index in [1.165, 1.54) is 5.57 Å². The van der Waals surface area contributed by atoms with Gasteiger partial charge in [-0.15, -0.1) is 12.4 Å². The number of carbonyl (C=O) groups excluding carboxylic acids is 1. The van der Waals surface area contributed by atoms with E-state index in [0.717, 1.165) is 25.1 Å². The molecule has 1 aromatic rings. The van der Waals surface area contributed by atoms with E-state index in [2.05, 4.69) is 21.7 Å². The van der Waals surface area contributed by atoms with Gasteiger partial charge in [0.25, 0.3) is 5.91 Å². The molecule has 6 heteroatoms. The SMILES string of the molecule is CNC(=O)c1ccc(C2=CCNCC2)c(Cl)n1.Cl. The molecule has 4 nitrogen and oxygen atoms in total. The van der Waals surface area contributed by atoms with Crippen molar-refractivity contribution in [2.24, 2.45) is 0 Å². The molecule has 0 aliphatic carbocycles. The van der Waals surface area contributed by atoms with Crippen molar-refractivity contribution < 1.29 is 4.79 Å². The van der Waals surface area contributed by atoms with Crippen LogP contribution in [-0.4, -0.2) is 31.0 Å². The monoisotopic (exact) mass is 287 g/mol. The Kier molecular flexibility index (Phi) is 5.59. The molecule has 2 N–H and O–H groups in total. The molecule has 1 amide bonds. The number of carbonyl (C=O) groups is 1. The standard InChI is InChI=1S/C12H14ClN3O.ClH/c1-14-12(17)10-3-2-9(11(13)16-10)8-4-6-15-7-5-8;/h2-4,15H,5-7H2,1H3,(H,14,17);1H. The van der Waals surface area contributed by atoms with Gasteiger partial charge in [-0.25, -0.2) is 4.98 Å². The van der Waals surface area contributed by atoms with E-state index >= 15 is 0 Å². The summed E-state index contributed by atoms with van der Waals surface area (Å²) in [6.45, 7) is 1.79. The van der Waals surface area contributed by atoms with Crippen LogP contribution in [-0.2, 0) is 0 Å². The van der Waals surface area contributed by atoms with Crippen molar-refractivity contribution in [2.45, 2.75) is 6.42 Å². The van der Waals surface area contributed by atoms with Gasteiger partial charge in [-0.3, -0.25) is 4.79 Å². The first-order valence-corrected chi connectivity index (χ1v) is 5.89. The van der Waals surface area contributed by atoms with Crippen LogP contribution in [0, 0.1) is 0 Å². The highest BCUT2D eigenvalue weighted by atomic mass is 35.5. The van der Waals surface area contributed by atoms with Gasteiger partial charge in [0.2, 0.25) is 0 Å². The third kappa shape index (κ3) is 3.22. The number of hydrogen-bond donors (Lipinski definition) is 2. The minimum Gasteiger partial charge on any atom is -0.354 e. The quantitative estimate of drug-likeness (QED) is 0.817. The molecule has 2 heterocycles. The topological polar surface area (TPSA) is 54.0 Å². The molecule has 0 radical (unpaired) electrons. The Morgan fingerprint density at radius 1 is 1.50 bits per heavy atom. The number of nitrogens with one attached hydrogen (secondary N) is 2. The summed E-state index contributed by atoms with van der Waals surface area (Å²) < 4.78 is 0. The van der Waals surface area contributed by atoms with Crippen LogP contribution in [0.15, 0.2) is 18.2 Å². The summed E-state index contributed by atoms with van der Waals surface area (Å²) in [5.74, 6) is -0.224. The highest BCUT2D eigenvalue weighted by molar-refractivity contribution is 6.31. The van der Waals surface area contributed by atoms with Crippen LogP contribution in [0.4, 0.5) is 0 Å². The molecular weight excluding hydrogens is 273 g/mol. The van der Waals surface area contributed by atoms with Crippen LogP contribution in [0.3, 0.4) is 0 Å². The van der Waals surface area contributed by atoms with Gasteiger partial charge >= 0.3 is 0 Å². The third-order valence-corrected chi connectivity index (χ3v) is 3.01. The van der Waals surface area contributed by atoms with Crippen LogP contribution in [0.1, 0.15) is 22.5 Å². The van der Waals surface area contributed by atoms with Crippen molar-refractivity contribution in [3.8, 4) is 0 Å². The molecule has 0 saturated carbocycles. The molecule has 0 fully saturated rings. The first-order valence-electron chi connectivity index (χ1n) is 5.51. The molecule has 0 atom stereocenters. The summed E-state index contributed by atoms with van der Waals surface area (Å²) >= 11 is 6.11. The molecule has 0 unspecified atom stereocenters. The summed E-state index contributed by atoms with van der Waals surface area (Å²) in [4.78, 5) is 15.5. The molecule has 2 rings (SSSR count). The summed E-state index contributed by atoms with van der Waals surface area (Å²) in [6, 6.07) is 3.56. The highest BCUT2D eigenvalue weighted by Gasteiger charge is 2.13. The zero-order chi connectivity index (χ0) is 12.3. The zero-order valence-corrected chi connectivity index (χ0v) is 11.6. The molecular formula is C12H15Cl2N3O. The van der Waals surface area contributed by atoms with E-state index < -0.39 is 0 Å². The molecule has 1 aliphatic heterocycles. The number of amides is 1. The summed E-state index contributed by atoms with van der Waals surface area (Å²) in [7, 11) is 1.57. The lowest BCUT2D eigenvalue weighted by Crippen LogP contribution is -2.21. The van der Waals surface area contributed by atoms with Crippen LogP contribution >= 0.6 is 24.0 Å². The summed E-state index contributed by atoms with van der Waals surface area (Å²) in [6.07, 6.45) is 3.03. The van der Waals surface area contributed by atoms with E-state index in [4.69, 9.17) is 11.6 Å². The number of nitrogens with zero attached hydrogens (tertiary/aromatic N) is 1. The van der Waals surface area contributed by atoms with Crippen molar-refractivity contribution >= 4 is 35.5 Å². The number of pyridine rings is 1. The Bertz CT molecular complexity index is 474. The number of hydrogen-bond acceptors (Lipinski definition) is 3. The average Bonchev–Trinajstić information content (AvgIpc) is 2.38. The smallest absolute Gasteiger partial charge is 0.269 e. The summed E-state index contributed by atoms with van der Waals surface area (Å²) in [5.41, 5.74) is 2.45. The molecule has 0 spiro atoms. The molecule has 98 valence electrons. The fraction of sp³-hybridized carbons (Fsp3) is 0.333. The molecule has 0 bridgehead atoms. The molecule has 0 aromatic carbocycles. The van der Waals surface area contributed by atoms with E-state index in [0.29, 0.717) is 10.8 Å². The maximum atomic E-state index is 11.4. The predicted molar refractivity (Wildman–Crippen MR) is 75.3 cm³/mol. The van der Waals surface area contributed by atoms with Crippen molar-refractivity contribution in [3.63, 3.8) is 0 Å². The number of halogens is 2. The van der Waals surface area contributed by atoms with Gasteiger partial charge in [0.15, 0.2) is 0 Å². The van der Waals surface area contributed by atoms with E-state index in [-0.39, 0.29) is 18.3 Å². The Labute approximate surface area is 117 Å². The van der Waals surface area contributed by atoms with Gasteiger partial charge in [-0.1, -0.05) is 17.7 Å². The minimum atomic E-state index is -0.224. The van der Waals surface area contributed by atoms with Crippen molar-refractivity contribution in [3.05, 3.63) is 34.6 Å². The number of aromatic nitrogens is 1. The lowest BCUT2D eigenvalue weighted by atomic mass is 10.0. The fourth-order valence-electron chi connectivity index (χ4n) is 1.80. The third-order valence-electron chi connectivity index (χ3n) is 2.72. The van der Waals surface area contributed by atoms with E-state index in [1.807, 2.05) is 6.07 Å². The Balaban J connectivity index is 0.00000162. The zero-order valence-electron chi connectivity index (χ0n) is 10.00. The van der Waals surface area contributed by atoms with Gasteiger partial charge in [0, 0.05) is 19.2 Å². The van der Waals surface area contributed by atoms with Crippen LogP contribution < -0.4 is 10.6 Å². The Morgan fingerprint density at radius 2 is 2.28 bits per heavy atom. The van der Waals surface area contributed by atoms with Crippen molar-refractivity contribution in [1.82, 2.24) is 15.6 Å². The van der Waals surface area contributed by atoms with E-state index in [9.17, 15) is 4.79 Å². The number of rotatable bonds is 2. The second kappa shape index (κ2) is 6.73. The lowest BCUT2D eigenvalue weighted by molar-refractivity contribution is 0.0958.